The van der Waals surface area contributed by atoms with Crippen LogP contribution in [0, 0.1) is 0 Å². The molecule has 6 nitrogen and oxygen atoms in total. The Morgan fingerprint density at radius 2 is 1.89 bits per heavy atom. The maximum atomic E-state index is 11.2. The van der Waals surface area contributed by atoms with E-state index in [-0.39, 0.29) is 24.0 Å². The second-order valence-corrected chi connectivity index (χ2v) is 6.67. The van der Waals surface area contributed by atoms with Gasteiger partial charge in [0.1, 0.15) is 0 Å². The lowest BCUT2D eigenvalue weighted by molar-refractivity contribution is 0.100. The fraction of sp³-hybridized carbons (Fsp3) is 0.333. The fourth-order valence-electron chi connectivity index (χ4n) is 3.21. The van der Waals surface area contributed by atoms with Gasteiger partial charge >= 0.3 is 0 Å². The minimum absolute atomic E-state index is 0. The van der Waals surface area contributed by atoms with Gasteiger partial charge in [-0.1, -0.05) is 30.3 Å². The molecular formula is C21H28IN5O. The van der Waals surface area contributed by atoms with Crippen molar-refractivity contribution < 1.29 is 4.79 Å². The molecule has 28 heavy (non-hydrogen) atoms. The van der Waals surface area contributed by atoms with Crippen molar-refractivity contribution >= 4 is 41.5 Å². The van der Waals surface area contributed by atoms with Gasteiger partial charge in [-0.15, -0.1) is 24.0 Å². The summed E-state index contributed by atoms with van der Waals surface area (Å²) in [5.41, 5.74) is 8.09. The third kappa shape index (κ3) is 6.12. The van der Waals surface area contributed by atoms with Crippen LogP contribution in [-0.4, -0.2) is 37.5 Å². The van der Waals surface area contributed by atoms with Crippen molar-refractivity contribution in [1.29, 1.82) is 0 Å². The van der Waals surface area contributed by atoms with Gasteiger partial charge < -0.3 is 21.3 Å². The van der Waals surface area contributed by atoms with E-state index in [1.54, 1.807) is 12.1 Å². The molecule has 1 heterocycles. The molecule has 0 radical (unpaired) electrons. The number of benzene rings is 2. The van der Waals surface area contributed by atoms with Gasteiger partial charge in [-0.2, -0.15) is 0 Å². The predicted octanol–water partition coefficient (Wildman–Crippen LogP) is 2.74. The number of aliphatic imine (C=N–C) groups is 1. The first-order valence-corrected chi connectivity index (χ1v) is 9.39. The van der Waals surface area contributed by atoms with E-state index in [9.17, 15) is 4.79 Å². The lowest BCUT2D eigenvalue weighted by Crippen LogP contribution is -2.44. The van der Waals surface area contributed by atoms with Crippen LogP contribution in [0.25, 0.3) is 0 Å². The van der Waals surface area contributed by atoms with Crippen molar-refractivity contribution in [2.75, 3.05) is 24.5 Å². The number of guanidine groups is 1. The number of carbonyl (C=O) groups excluding carboxylic acids is 1. The lowest BCUT2D eigenvalue weighted by Gasteiger charge is -2.20. The van der Waals surface area contributed by atoms with E-state index in [4.69, 9.17) is 5.73 Å². The number of nitrogens with zero attached hydrogens (tertiary/aromatic N) is 2. The molecule has 1 saturated heterocycles. The molecule has 1 aliphatic rings. The van der Waals surface area contributed by atoms with Gasteiger partial charge in [0.25, 0.3) is 0 Å². The monoisotopic (exact) mass is 493 g/mol. The van der Waals surface area contributed by atoms with E-state index in [1.165, 1.54) is 5.69 Å². The molecule has 1 unspecified atom stereocenters. The Morgan fingerprint density at radius 1 is 1.18 bits per heavy atom. The van der Waals surface area contributed by atoms with Crippen LogP contribution < -0.4 is 21.3 Å². The zero-order chi connectivity index (χ0) is 19.1. The number of anilines is 1. The normalized spacial score (nSPS) is 16.4. The van der Waals surface area contributed by atoms with E-state index < -0.39 is 5.91 Å². The first-order valence-electron chi connectivity index (χ1n) is 9.39. The molecule has 4 N–H and O–H groups in total. The molecule has 150 valence electrons. The Bertz CT molecular complexity index is 779. The van der Waals surface area contributed by atoms with Gasteiger partial charge in [-0.3, -0.25) is 4.79 Å². The number of para-hydroxylation sites is 1. The van der Waals surface area contributed by atoms with Gasteiger partial charge in [0.05, 0.1) is 6.54 Å². The summed E-state index contributed by atoms with van der Waals surface area (Å²) in [6.45, 7) is 5.41. The summed E-state index contributed by atoms with van der Waals surface area (Å²) in [5.74, 6) is 0.403. The third-order valence-corrected chi connectivity index (χ3v) is 4.65. The first-order chi connectivity index (χ1) is 13.2. The van der Waals surface area contributed by atoms with E-state index in [1.807, 2.05) is 18.2 Å². The molecule has 1 atom stereocenters. The molecule has 0 spiro atoms. The van der Waals surface area contributed by atoms with Crippen LogP contribution in [0.15, 0.2) is 59.6 Å². The number of hydrogen-bond donors (Lipinski definition) is 3. The third-order valence-electron chi connectivity index (χ3n) is 4.65. The lowest BCUT2D eigenvalue weighted by atomic mass is 10.1. The summed E-state index contributed by atoms with van der Waals surface area (Å²) in [5, 5.41) is 6.85. The summed E-state index contributed by atoms with van der Waals surface area (Å²) in [6.07, 6.45) is 1.08. The smallest absolute Gasteiger partial charge is 0.248 e. The standard InChI is InChI=1S/C21H27N5O.HI/c1-2-23-21(24-14-16-8-10-17(11-9-16)20(22)27)25-18-12-13-26(15-18)19-6-4-3-5-7-19;/h3-11,18H,2,12-15H2,1H3,(H2,22,27)(H2,23,24,25);1H. The van der Waals surface area contributed by atoms with Crippen LogP contribution in [0.3, 0.4) is 0 Å². The molecule has 3 rings (SSSR count). The number of carbonyl (C=O) groups is 1. The molecular weight excluding hydrogens is 465 g/mol. The number of amides is 1. The van der Waals surface area contributed by atoms with Gasteiger partial charge in [0.15, 0.2) is 5.96 Å². The number of primary amides is 1. The highest BCUT2D eigenvalue weighted by Crippen LogP contribution is 2.19. The van der Waals surface area contributed by atoms with Crippen LogP contribution in [-0.2, 0) is 6.54 Å². The summed E-state index contributed by atoms with van der Waals surface area (Å²) in [6, 6.07) is 18.1. The topological polar surface area (TPSA) is 82.7 Å². The largest absolute Gasteiger partial charge is 0.369 e. The van der Waals surface area contributed by atoms with Crippen molar-refractivity contribution in [3.8, 4) is 0 Å². The zero-order valence-corrected chi connectivity index (χ0v) is 18.4. The fourth-order valence-corrected chi connectivity index (χ4v) is 3.21. The van der Waals surface area contributed by atoms with Crippen molar-refractivity contribution in [1.82, 2.24) is 10.6 Å². The zero-order valence-electron chi connectivity index (χ0n) is 16.1. The van der Waals surface area contributed by atoms with Crippen LogP contribution in [0.2, 0.25) is 0 Å². The van der Waals surface area contributed by atoms with Crippen LogP contribution in [0.4, 0.5) is 5.69 Å². The number of rotatable bonds is 6. The molecule has 0 bridgehead atoms. The summed E-state index contributed by atoms with van der Waals surface area (Å²) in [7, 11) is 0. The molecule has 0 aliphatic carbocycles. The number of nitrogens with one attached hydrogen (secondary N) is 2. The van der Waals surface area contributed by atoms with E-state index in [2.05, 4.69) is 51.7 Å². The molecule has 0 aromatic heterocycles. The Hall–Kier alpha value is -2.29. The second kappa shape index (κ2) is 10.9. The van der Waals surface area contributed by atoms with Crippen LogP contribution in [0.1, 0.15) is 29.3 Å². The highest BCUT2D eigenvalue weighted by atomic mass is 127. The number of nitrogens with two attached hydrogens (primary N) is 1. The van der Waals surface area contributed by atoms with E-state index >= 15 is 0 Å². The van der Waals surface area contributed by atoms with Crippen molar-refractivity contribution in [3.63, 3.8) is 0 Å². The van der Waals surface area contributed by atoms with Crippen molar-refractivity contribution in [2.45, 2.75) is 25.9 Å². The van der Waals surface area contributed by atoms with Gasteiger partial charge in [-0.25, -0.2) is 4.99 Å². The van der Waals surface area contributed by atoms with Crippen LogP contribution >= 0.6 is 24.0 Å². The number of hydrogen-bond acceptors (Lipinski definition) is 3. The van der Waals surface area contributed by atoms with Gasteiger partial charge in [0, 0.05) is 36.9 Å². The molecule has 7 heteroatoms. The predicted molar refractivity (Wildman–Crippen MR) is 125 cm³/mol. The SMILES string of the molecule is CCNC(=NCc1ccc(C(N)=O)cc1)NC1CCN(c2ccccc2)C1.I. The van der Waals surface area contributed by atoms with E-state index in [0.717, 1.165) is 37.6 Å². The Balaban J connectivity index is 0.00000280. The minimum Gasteiger partial charge on any atom is -0.369 e. The van der Waals surface area contributed by atoms with E-state index in [0.29, 0.717) is 18.2 Å². The maximum absolute atomic E-state index is 11.2. The molecule has 1 amide bonds. The highest BCUT2D eigenvalue weighted by Gasteiger charge is 2.23. The highest BCUT2D eigenvalue weighted by molar-refractivity contribution is 14.0. The van der Waals surface area contributed by atoms with Gasteiger partial charge in [0.2, 0.25) is 5.91 Å². The molecule has 0 saturated carbocycles. The quantitative estimate of drug-likeness (QED) is 0.329. The van der Waals surface area contributed by atoms with Crippen LogP contribution in [0.5, 0.6) is 0 Å². The van der Waals surface area contributed by atoms with Crippen molar-refractivity contribution in [2.24, 2.45) is 10.7 Å². The summed E-state index contributed by atoms with van der Waals surface area (Å²) < 4.78 is 0. The molecule has 1 aliphatic heterocycles. The summed E-state index contributed by atoms with van der Waals surface area (Å²) in [4.78, 5) is 18.2. The maximum Gasteiger partial charge on any atom is 0.248 e. The molecule has 2 aromatic rings. The van der Waals surface area contributed by atoms with Gasteiger partial charge in [-0.05, 0) is 43.2 Å². The minimum atomic E-state index is -0.413. The Kier molecular flexibility index (Phi) is 8.56. The summed E-state index contributed by atoms with van der Waals surface area (Å²) >= 11 is 0. The second-order valence-electron chi connectivity index (χ2n) is 6.67. The first kappa shape index (κ1) is 22.0. The Morgan fingerprint density at radius 3 is 2.54 bits per heavy atom. The Labute approximate surface area is 183 Å². The molecule has 2 aromatic carbocycles. The van der Waals surface area contributed by atoms with Crippen molar-refractivity contribution in [3.05, 3.63) is 65.7 Å². The average molecular weight is 493 g/mol. The number of halogens is 1. The average Bonchev–Trinajstić information content (AvgIpc) is 3.16. The molecule has 1 fully saturated rings.